The van der Waals surface area contributed by atoms with Crippen LogP contribution in [0.25, 0.3) is 0 Å². The molecule has 8 nitrogen and oxygen atoms in total. The van der Waals surface area contributed by atoms with Crippen LogP contribution in [0.15, 0.2) is 48.6 Å². The second kappa shape index (κ2) is 8.53. The van der Waals surface area contributed by atoms with Crippen LogP contribution in [0.2, 0.25) is 0 Å². The molecule has 8 heteroatoms. The van der Waals surface area contributed by atoms with Gasteiger partial charge in [0.25, 0.3) is 0 Å². The van der Waals surface area contributed by atoms with Crippen molar-refractivity contribution in [3.63, 3.8) is 0 Å². The minimum absolute atomic E-state index is 0.0278. The molecule has 164 valence electrons. The van der Waals surface area contributed by atoms with Gasteiger partial charge in [0, 0.05) is 26.0 Å². The van der Waals surface area contributed by atoms with Crippen LogP contribution in [-0.4, -0.2) is 50.1 Å². The van der Waals surface area contributed by atoms with Crippen molar-refractivity contribution < 1.29 is 4.79 Å². The summed E-state index contributed by atoms with van der Waals surface area (Å²) in [5.74, 6) is 1.44. The van der Waals surface area contributed by atoms with E-state index in [0.29, 0.717) is 30.3 Å². The van der Waals surface area contributed by atoms with E-state index in [1.165, 1.54) is 5.57 Å². The first kappa shape index (κ1) is 21.1. The molecule has 1 aliphatic heterocycles. The van der Waals surface area contributed by atoms with Gasteiger partial charge in [-0.2, -0.15) is 4.98 Å². The van der Waals surface area contributed by atoms with Crippen LogP contribution in [0, 0.1) is 5.92 Å². The van der Waals surface area contributed by atoms with Gasteiger partial charge in [-0.25, -0.2) is 14.8 Å². The third kappa shape index (κ3) is 4.33. The minimum atomic E-state index is -0.0702. The highest BCUT2D eigenvalue weighted by molar-refractivity contribution is 5.94. The minimum Gasteiger partial charge on any atom is -0.346 e. The van der Waals surface area contributed by atoms with Crippen LogP contribution >= 0.6 is 0 Å². The van der Waals surface area contributed by atoms with Crippen molar-refractivity contribution in [2.24, 2.45) is 5.92 Å². The molecule has 2 aromatic heterocycles. The zero-order chi connectivity index (χ0) is 22.1. The highest BCUT2D eigenvalue weighted by Gasteiger charge is 2.38. The summed E-state index contributed by atoms with van der Waals surface area (Å²) in [6.45, 7) is 9.10. The van der Waals surface area contributed by atoms with E-state index < -0.39 is 0 Å². The Morgan fingerprint density at radius 1 is 1.23 bits per heavy atom. The third-order valence-electron chi connectivity index (χ3n) is 6.04. The molecule has 1 aliphatic carbocycles. The highest BCUT2D eigenvalue weighted by Crippen LogP contribution is 2.28. The Kier molecular flexibility index (Phi) is 5.80. The van der Waals surface area contributed by atoms with Gasteiger partial charge in [-0.05, 0) is 32.3 Å². The first-order chi connectivity index (χ1) is 14.8. The SMILES string of the molecule is CC1=CCC(n2cnc([C@H](C)Nc3nccc(N4C(=O)N(C)C[C@@H]4C(C)C)n3)c2)C=C1. The fourth-order valence-electron chi connectivity index (χ4n) is 4.06. The van der Waals surface area contributed by atoms with Gasteiger partial charge in [-0.3, -0.25) is 4.90 Å². The number of hydrogen-bond donors (Lipinski definition) is 1. The third-order valence-corrected chi connectivity index (χ3v) is 6.04. The maximum atomic E-state index is 12.7. The van der Waals surface area contributed by atoms with E-state index in [-0.39, 0.29) is 18.1 Å². The highest BCUT2D eigenvalue weighted by atomic mass is 16.2. The normalized spacial score (nSPS) is 22.3. The Bertz CT molecular complexity index is 1010. The maximum absolute atomic E-state index is 12.7. The summed E-state index contributed by atoms with van der Waals surface area (Å²) in [7, 11) is 1.83. The quantitative estimate of drug-likeness (QED) is 0.757. The molecular formula is C23H31N7O. The second-order valence-corrected chi connectivity index (χ2v) is 8.80. The summed E-state index contributed by atoms with van der Waals surface area (Å²) in [4.78, 5) is 29.8. The van der Waals surface area contributed by atoms with E-state index in [0.717, 1.165) is 12.1 Å². The van der Waals surface area contributed by atoms with Crippen LogP contribution in [0.1, 0.15) is 51.9 Å². The Morgan fingerprint density at radius 2 is 2.03 bits per heavy atom. The molecule has 0 spiro atoms. The van der Waals surface area contributed by atoms with Gasteiger partial charge < -0.3 is 14.8 Å². The zero-order valence-corrected chi connectivity index (χ0v) is 18.9. The van der Waals surface area contributed by atoms with Crippen molar-refractivity contribution in [3.8, 4) is 0 Å². The van der Waals surface area contributed by atoms with Crippen LogP contribution in [0.3, 0.4) is 0 Å². The number of allylic oxidation sites excluding steroid dienone is 4. The van der Waals surface area contributed by atoms with Crippen molar-refractivity contribution >= 4 is 17.8 Å². The van der Waals surface area contributed by atoms with Gasteiger partial charge in [0.2, 0.25) is 5.95 Å². The van der Waals surface area contributed by atoms with Crippen LogP contribution in [0.5, 0.6) is 0 Å². The smallest absolute Gasteiger partial charge is 0.325 e. The van der Waals surface area contributed by atoms with Gasteiger partial charge in [-0.1, -0.05) is 37.6 Å². The molecule has 0 saturated carbocycles. The number of hydrogen-bond acceptors (Lipinski definition) is 5. The molecule has 31 heavy (non-hydrogen) atoms. The number of carbonyl (C=O) groups excluding carboxylic acids is 1. The molecule has 2 amide bonds. The van der Waals surface area contributed by atoms with Gasteiger partial charge in [0.1, 0.15) is 5.82 Å². The molecule has 1 unspecified atom stereocenters. The number of urea groups is 1. The number of amides is 2. The number of imidazole rings is 1. The summed E-state index contributed by atoms with van der Waals surface area (Å²) in [5, 5.41) is 3.34. The molecule has 2 aromatic rings. The molecular weight excluding hydrogens is 390 g/mol. The maximum Gasteiger partial charge on any atom is 0.325 e. The lowest BCUT2D eigenvalue weighted by atomic mass is 10.0. The van der Waals surface area contributed by atoms with Crippen LogP contribution in [0.4, 0.5) is 16.6 Å². The Hall–Kier alpha value is -3.16. The number of nitrogens with zero attached hydrogens (tertiary/aromatic N) is 6. The first-order valence-corrected chi connectivity index (χ1v) is 10.9. The summed E-state index contributed by atoms with van der Waals surface area (Å²) in [5.41, 5.74) is 2.22. The fourth-order valence-corrected chi connectivity index (χ4v) is 4.06. The first-order valence-electron chi connectivity index (χ1n) is 10.9. The lowest BCUT2D eigenvalue weighted by Gasteiger charge is -2.25. The van der Waals surface area contributed by atoms with E-state index in [1.54, 1.807) is 22.1 Å². The molecule has 1 saturated heterocycles. The number of likely N-dealkylation sites (N-methyl/N-ethyl adjacent to an activating group) is 1. The molecule has 3 heterocycles. The van der Waals surface area contributed by atoms with Crippen molar-refractivity contribution in [3.05, 3.63) is 54.3 Å². The van der Waals surface area contributed by atoms with E-state index in [9.17, 15) is 4.79 Å². The number of carbonyl (C=O) groups is 1. The average molecular weight is 422 g/mol. The van der Waals surface area contributed by atoms with E-state index in [2.05, 4.69) is 70.0 Å². The largest absolute Gasteiger partial charge is 0.346 e. The molecule has 4 rings (SSSR count). The summed E-state index contributed by atoms with van der Waals surface area (Å²) in [6, 6.07) is 2.08. The number of nitrogens with one attached hydrogen (secondary N) is 1. The van der Waals surface area contributed by atoms with Gasteiger partial charge in [-0.15, -0.1) is 0 Å². The Morgan fingerprint density at radius 3 is 2.74 bits per heavy atom. The Labute approximate surface area is 183 Å². The van der Waals surface area contributed by atoms with Gasteiger partial charge in [0.15, 0.2) is 0 Å². The lowest BCUT2D eigenvalue weighted by Crippen LogP contribution is -2.38. The van der Waals surface area contributed by atoms with Crippen LogP contribution < -0.4 is 10.2 Å². The molecule has 3 atom stereocenters. The summed E-state index contributed by atoms with van der Waals surface area (Å²) >= 11 is 0. The van der Waals surface area contributed by atoms with E-state index in [4.69, 9.17) is 0 Å². The zero-order valence-electron chi connectivity index (χ0n) is 18.9. The molecule has 0 aromatic carbocycles. The molecule has 1 N–H and O–H groups in total. The van der Waals surface area contributed by atoms with Crippen molar-refractivity contribution in [2.45, 2.75) is 52.2 Å². The van der Waals surface area contributed by atoms with Gasteiger partial charge in [0.05, 0.1) is 30.1 Å². The Balaban J connectivity index is 1.48. The molecule has 2 aliphatic rings. The van der Waals surface area contributed by atoms with Crippen LogP contribution in [-0.2, 0) is 0 Å². The number of rotatable bonds is 6. The second-order valence-electron chi connectivity index (χ2n) is 8.80. The van der Waals surface area contributed by atoms with E-state index in [1.807, 2.05) is 20.3 Å². The standard InChI is InChI=1S/C23H31N7O/c1-15(2)20-13-28(5)23(31)30(20)21-10-11-24-22(27-21)26-17(4)19-12-29(14-25-19)18-8-6-16(3)7-9-18/h6-8,10-12,14-15,17-18,20H,9,13H2,1-5H3,(H,24,26,27)/t17-,18?,20+/m0/s1. The van der Waals surface area contributed by atoms with Crippen molar-refractivity contribution in [2.75, 3.05) is 23.8 Å². The number of aromatic nitrogens is 4. The number of anilines is 2. The molecule has 1 fully saturated rings. The monoisotopic (exact) mass is 421 g/mol. The summed E-state index contributed by atoms with van der Waals surface area (Å²) < 4.78 is 2.14. The molecule has 0 bridgehead atoms. The topological polar surface area (TPSA) is 79.2 Å². The predicted octanol–water partition coefficient (Wildman–Crippen LogP) is 4.19. The average Bonchev–Trinajstić information content (AvgIpc) is 3.34. The summed E-state index contributed by atoms with van der Waals surface area (Å²) in [6.07, 6.45) is 13.2. The van der Waals surface area contributed by atoms with E-state index >= 15 is 0 Å². The van der Waals surface area contributed by atoms with Crippen molar-refractivity contribution in [1.82, 2.24) is 24.4 Å². The van der Waals surface area contributed by atoms with Crippen molar-refractivity contribution in [1.29, 1.82) is 0 Å². The lowest BCUT2D eigenvalue weighted by molar-refractivity contribution is 0.229. The van der Waals surface area contributed by atoms with Gasteiger partial charge >= 0.3 is 6.03 Å². The molecule has 0 radical (unpaired) electrons. The fraction of sp³-hybridized carbons (Fsp3) is 0.478. The predicted molar refractivity (Wildman–Crippen MR) is 122 cm³/mol.